The van der Waals surface area contributed by atoms with Gasteiger partial charge in [-0.15, -0.1) is 0 Å². The van der Waals surface area contributed by atoms with Crippen LogP contribution in [0.2, 0.25) is 10.0 Å². The van der Waals surface area contributed by atoms with Crippen molar-refractivity contribution in [2.45, 2.75) is 12.1 Å². The molecule has 2 rings (SSSR count). The number of aliphatic carboxylic acids is 1. The van der Waals surface area contributed by atoms with Gasteiger partial charge in [0.05, 0.1) is 10.0 Å². The quantitative estimate of drug-likeness (QED) is 0.875. The van der Waals surface area contributed by atoms with Gasteiger partial charge >= 0.3 is 5.97 Å². The predicted molar refractivity (Wildman–Crippen MR) is 71.6 cm³/mol. The minimum absolute atomic E-state index is 0.115. The predicted octanol–water partition coefficient (Wildman–Crippen LogP) is 1.84. The summed E-state index contributed by atoms with van der Waals surface area (Å²) < 4.78 is 11.7. The van der Waals surface area contributed by atoms with Crippen molar-refractivity contribution in [2.24, 2.45) is 0 Å². The lowest BCUT2D eigenvalue weighted by molar-refractivity contribution is -0.139. The lowest BCUT2D eigenvalue weighted by atomic mass is 10.1. The molecule has 3 unspecified atom stereocenters. The number of benzene rings is 1. The van der Waals surface area contributed by atoms with Gasteiger partial charge in [-0.2, -0.15) is 0 Å². The number of carbonyl (C=O) groups is 1. The van der Waals surface area contributed by atoms with E-state index < -0.39 is 22.8 Å². The van der Waals surface area contributed by atoms with Crippen LogP contribution in [-0.2, 0) is 15.6 Å². The second kappa shape index (κ2) is 5.57. The van der Waals surface area contributed by atoms with E-state index in [1.807, 2.05) is 0 Å². The lowest BCUT2D eigenvalue weighted by Gasteiger charge is -2.29. The molecule has 7 heteroatoms. The van der Waals surface area contributed by atoms with Crippen molar-refractivity contribution in [2.75, 3.05) is 11.5 Å². The van der Waals surface area contributed by atoms with E-state index in [1.54, 1.807) is 18.2 Å². The number of halogens is 2. The van der Waals surface area contributed by atoms with Gasteiger partial charge in [-0.3, -0.25) is 14.3 Å². The van der Waals surface area contributed by atoms with E-state index in [1.165, 1.54) is 0 Å². The summed E-state index contributed by atoms with van der Waals surface area (Å²) in [5.74, 6) is -0.556. The van der Waals surface area contributed by atoms with Crippen molar-refractivity contribution in [3.63, 3.8) is 0 Å². The molecule has 1 heterocycles. The first-order valence-electron chi connectivity index (χ1n) is 5.26. The van der Waals surface area contributed by atoms with Crippen LogP contribution in [0.25, 0.3) is 0 Å². The van der Waals surface area contributed by atoms with Gasteiger partial charge < -0.3 is 5.11 Å². The van der Waals surface area contributed by atoms with Gasteiger partial charge in [0.25, 0.3) is 0 Å². The molecule has 0 aliphatic carbocycles. The maximum atomic E-state index is 11.7. The van der Waals surface area contributed by atoms with Crippen LogP contribution >= 0.6 is 23.2 Å². The van der Waals surface area contributed by atoms with Crippen LogP contribution in [0.15, 0.2) is 18.2 Å². The highest BCUT2D eigenvalue weighted by molar-refractivity contribution is 7.85. The first-order valence-corrected chi connectivity index (χ1v) is 7.51. The minimum atomic E-state index is -1.18. The SMILES string of the molecule is O=C(O)C1CS(=O)CC(c2cccc(Cl)c2Cl)N1. The minimum Gasteiger partial charge on any atom is -0.480 e. The van der Waals surface area contributed by atoms with Gasteiger partial charge in [-0.1, -0.05) is 35.3 Å². The Labute approximate surface area is 117 Å². The molecule has 0 spiro atoms. The number of rotatable bonds is 2. The zero-order chi connectivity index (χ0) is 13.3. The van der Waals surface area contributed by atoms with Crippen molar-refractivity contribution in [1.29, 1.82) is 0 Å². The summed E-state index contributed by atoms with van der Waals surface area (Å²) in [6.07, 6.45) is 0. The third kappa shape index (κ3) is 2.85. The molecule has 98 valence electrons. The topological polar surface area (TPSA) is 66.4 Å². The summed E-state index contributed by atoms with van der Waals surface area (Å²) in [5.41, 5.74) is 0.684. The summed E-state index contributed by atoms with van der Waals surface area (Å²) in [6, 6.07) is 3.97. The highest BCUT2D eigenvalue weighted by Crippen LogP contribution is 2.31. The zero-order valence-electron chi connectivity index (χ0n) is 9.23. The Bertz CT molecular complexity index is 509. The van der Waals surface area contributed by atoms with E-state index in [4.69, 9.17) is 28.3 Å². The standard InChI is InChI=1S/C11H11Cl2NO3S/c12-7-3-1-2-6(10(7)13)8-4-18(17)5-9(14-8)11(15)16/h1-3,8-9,14H,4-5H2,(H,15,16). The molecule has 0 saturated carbocycles. The molecular weight excluding hydrogens is 297 g/mol. The molecule has 1 aliphatic heterocycles. The average Bonchev–Trinajstić information content (AvgIpc) is 2.31. The Kier molecular flexibility index (Phi) is 4.27. The van der Waals surface area contributed by atoms with Gasteiger partial charge in [0.15, 0.2) is 0 Å². The lowest BCUT2D eigenvalue weighted by Crippen LogP contribution is -2.49. The third-order valence-corrected chi connectivity index (χ3v) is 5.01. The van der Waals surface area contributed by atoms with E-state index in [0.29, 0.717) is 21.4 Å². The summed E-state index contributed by atoms with van der Waals surface area (Å²) in [4.78, 5) is 11.0. The van der Waals surface area contributed by atoms with Crippen molar-refractivity contribution in [1.82, 2.24) is 5.32 Å². The van der Waals surface area contributed by atoms with Crippen LogP contribution in [-0.4, -0.2) is 32.8 Å². The number of carboxylic acid groups (broad SMARTS) is 1. The molecule has 18 heavy (non-hydrogen) atoms. The van der Waals surface area contributed by atoms with Crippen LogP contribution in [0.1, 0.15) is 11.6 Å². The molecule has 1 aromatic rings. The van der Waals surface area contributed by atoms with Crippen LogP contribution in [0, 0.1) is 0 Å². The fourth-order valence-electron chi connectivity index (χ4n) is 1.89. The van der Waals surface area contributed by atoms with Crippen molar-refractivity contribution in [3.8, 4) is 0 Å². The summed E-state index contributed by atoms with van der Waals surface area (Å²) in [5, 5.41) is 12.7. The van der Waals surface area contributed by atoms with Gasteiger partial charge in [-0.25, -0.2) is 0 Å². The smallest absolute Gasteiger partial charge is 0.321 e. The maximum Gasteiger partial charge on any atom is 0.321 e. The molecule has 3 atom stereocenters. The van der Waals surface area contributed by atoms with Gasteiger partial charge in [0.1, 0.15) is 6.04 Å². The van der Waals surface area contributed by atoms with E-state index in [0.717, 1.165) is 0 Å². The number of nitrogens with one attached hydrogen (secondary N) is 1. The van der Waals surface area contributed by atoms with E-state index in [-0.39, 0.29) is 11.8 Å². The number of hydrogen-bond donors (Lipinski definition) is 2. The molecule has 1 aromatic carbocycles. The normalized spacial score (nSPS) is 28.0. The third-order valence-electron chi connectivity index (χ3n) is 2.76. The summed E-state index contributed by atoms with van der Waals surface area (Å²) in [6.45, 7) is 0. The van der Waals surface area contributed by atoms with Crippen LogP contribution in [0.4, 0.5) is 0 Å². The molecule has 1 saturated heterocycles. The summed E-state index contributed by atoms with van der Waals surface area (Å²) >= 11 is 12.0. The highest BCUT2D eigenvalue weighted by Gasteiger charge is 2.32. The maximum absolute atomic E-state index is 11.7. The first kappa shape index (κ1) is 13.8. The van der Waals surface area contributed by atoms with Gasteiger partial charge in [-0.05, 0) is 11.6 Å². The molecule has 2 N–H and O–H groups in total. The zero-order valence-corrected chi connectivity index (χ0v) is 11.6. The molecule has 0 bridgehead atoms. The number of carboxylic acids is 1. The molecule has 1 fully saturated rings. The summed E-state index contributed by atoms with van der Waals surface area (Å²) in [7, 11) is -1.18. The Hall–Kier alpha value is -0.620. The van der Waals surface area contributed by atoms with E-state index >= 15 is 0 Å². The van der Waals surface area contributed by atoms with Crippen molar-refractivity contribution < 1.29 is 14.1 Å². The van der Waals surface area contributed by atoms with E-state index in [9.17, 15) is 9.00 Å². The molecule has 4 nitrogen and oxygen atoms in total. The van der Waals surface area contributed by atoms with Crippen molar-refractivity contribution in [3.05, 3.63) is 33.8 Å². The van der Waals surface area contributed by atoms with Crippen molar-refractivity contribution >= 4 is 40.0 Å². The second-order valence-corrected chi connectivity index (χ2v) is 6.36. The van der Waals surface area contributed by atoms with Crippen LogP contribution in [0.5, 0.6) is 0 Å². The van der Waals surface area contributed by atoms with Crippen LogP contribution < -0.4 is 5.32 Å². The molecule has 1 aliphatic rings. The molecular formula is C11H11Cl2NO3S. The average molecular weight is 308 g/mol. The van der Waals surface area contributed by atoms with Gasteiger partial charge in [0, 0.05) is 28.3 Å². The first-order chi connectivity index (χ1) is 8.49. The van der Waals surface area contributed by atoms with Gasteiger partial charge in [0.2, 0.25) is 0 Å². The monoisotopic (exact) mass is 307 g/mol. The Morgan fingerprint density at radius 1 is 1.39 bits per heavy atom. The van der Waals surface area contributed by atoms with E-state index in [2.05, 4.69) is 5.32 Å². The second-order valence-electron chi connectivity index (χ2n) is 4.03. The fourth-order valence-corrected chi connectivity index (χ4v) is 3.72. The fraction of sp³-hybridized carbons (Fsp3) is 0.364. The molecule has 0 amide bonds. The Balaban J connectivity index is 2.29. The Morgan fingerprint density at radius 3 is 2.78 bits per heavy atom. The molecule has 0 radical (unpaired) electrons. The number of hydrogen-bond acceptors (Lipinski definition) is 3. The molecule has 0 aromatic heterocycles. The highest BCUT2D eigenvalue weighted by atomic mass is 35.5. The Morgan fingerprint density at radius 2 is 2.11 bits per heavy atom. The van der Waals surface area contributed by atoms with Crippen LogP contribution in [0.3, 0.4) is 0 Å². The largest absolute Gasteiger partial charge is 0.480 e.